The van der Waals surface area contributed by atoms with E-state index in [1.54, 1.807) is 7.11 Å². The maximum Gasteiger partial charge on any atom is 0.119 e. The fraction of sp³-hybridized carbons (Fsp3) is 0.647. The number of likely N-dealkylation sites (N-methyl/N-ethyl adjacent to an activating group) is 1. The van der Waals surface area contributed by atoms with Gasteiger partial charge in [-0.1, -0.05) is 12.1 Å². The van der Waals surface area contributed by atoms with Crippen LogP contribution in [-0.4, -0.2) is 63.2 Å². The van der Waals surface area contributed by atoms with Crippen LogP contribution in [0.3, 0.4) is 0 Å². The molecule has 0 radical (unpaired) electrons. The minimum Gasteiger partial charge on any atom is -0.497 e. The highest BCUT2D eigenvalue weighted by Crippen LogP contribution is 2.18. The highest BCUT2D eigenvalue weighted by atomic mass is 16.5. The lowest BCUT2D eigenvalue weighted by Crippen LogP contribution is -2.45. The summed E-state index contributed by atoms with van der Waals surface area (Å²) >= 11 is 0. The maximum absolute atomic E-state index is 5.28. The summed E-state index contributed by atoms with van der Waals surface area (Å²) in [5.74, 6) is 0.929. The van der Waals surface area contributed by atoms with Crippen molar-refractivity contribution in [1.29, 1.82) is 0 Å². The molecule has 0 bridgehead atoms. The Labute approximate surface area is 129 Å². The minimum atomic E-state index is 0.368. The molecule has 4 nitrogen and oxygen atoms in total. The number of nitrogens with zero attached hydrogens (tertiary/aromatic N) is 2. The van der Waals surface area contributed by atoms with Gasteiger partial charge in [-0.05, 0) is 51.2 Å². The van der Waals surface area contributed by atoms with Crippen LogP contribution in [0.4, 0.5) is 0 Å². The highest BCUT2D eigenvalue weighted by molar-refractivity contribution is 5.30. The third-order valence-corrected chi connectivity index (χ3v) is 4.29. The van der Waals surface area contributed by atoms with Crippen LogP contribution in [0.25, 0.3) is 0 Å². The van der Waals surface area contributed by atoms with Crippen LogP contribution in [0.5, 0.6) is 5.75 Å². The van der Waals surface area contributed by atoms with Crippen molar-refractivity contribution >= 4 is 0 Å². The summed E-state index contributed by atoms with van der Waals surface area (Å²) < 4.78 is 5.28. The van der Waals surface area contributed by atoms with E-state index in [9.17, 15) is 0 Å². The van der Waals surface area contributed by atoms with E-state index < -0.39 is 0 Å². The summed E-state index contributed by atoms with van der Waals surface area (Å²) in [6, 6.07) is 8.67. The van der Waals surface area contributed by atoms with Gasteiger partial charge in [-0.15, -0.1) is 0 Å². The summed E-state index contributed by atoms with van der Waals surface area (Å²) in [7, 11) is 3.92. The molecule has 1 heterocycles. The number of hydrogen-bond donors (Lipinski definition) is 1. The molecule has 1 N–H and O–H groups in total. The van der Waals surface area contributed by atoms with Gasteiger partial charge >= 0.3 is 0 Å². The number of nitrogens with one attached hydrogen (secondary N) is 1. The first-order valence-electron chi connectivity index (χ1n) is 7.97. The van der Waals surface area contributed by atoms with E-state index in [-0.39, 0.29) is 0 Å². The predicted octanol–water partition coefficient (Wildman–Crippen LogP) is 1.98. The van der Waals surface area contributed by atoms with Crippen molar-refractivity contribution in [2.75, 3.05) is 53.4 Å². The lowest BCUT2D eigenvalue weighted by atomic mass is 10.1. The third-order valence-electron chi connectivity index (χ3n) is 4.29. The second-order valence-electron chi connectivity index (χ2n) is 5.95. The molecule has 1 aliphatic heterocycles. The van der Waals surface area contributed by atoms with Crippen molar-refractivity contribution in [3.05, 3.63) is 29.8 Å². The Morgan fingerprint density at radius 1 is 1.24 bits per heavy atom. The Morgan fingerprint density at radius 3 is 2.71 bits per heavy atom. The topological polar surface area (TPSA) is 27.7 Å². The molecule has 0 aliphatic carbocycles. The minimum absolute atomic E-state index is 0.368. The molecular formula is C17H29N3O. The SMILES string of the molecule is COc1cccc(C(C)NCCCN2CCN(C)CC2)c1. The van der Waals surface area contributed by atoms with E-state index in [0.29, 0.717) is 6.04 Å². The molecule has 1 unspecified atom stereocenters. The molecule has 1 atom stereocenters. The summed E-state index contributed by atoms with van der Waals surface area (Å²) in [6.45, 7) is 9.30. The van der Waals surface area contributed by atoms with E-state index in [1.807, 2.05) is 6.07 Å². The highest BCUT2D eigenvalue weighted by Gasteiger charge is 2.13. The summed E-state index contributed by atoms with van der Waals surface area (Å²) in [4.78, 5) is 4.97. The fourth-order valence-corrected chi connectivity index (χ4v) is 2.72. The van der Waals surface area contributed by atoms with Crippen LogP contribution in [0.15, 0.2) is 24.3 Å². The van der Waals surface area contributed by atoms with Gasteiger partial charge in [0.15, 0.2) is 0 Å². The van der Waals surface area contributed by atoms with Gasteiger partial charge in [-0.25, -0.2) is 0 Å². The molecule has 2 rings (SSSR count). The number of piperazine rings is 1. The zero-order chi connectivity index (χ0) is 15.1. The fourth-order valence-electron chi connectivity index (χ4n) is 2.72. The molecule has 1 saturated heterocycles. The second kappa shape index (κ2) is 8.37. The van der Waals surface area contributed by atoms with Gasteiger partial charge in [0.05, 0.1) is 7.11 Å². The van der Waals surface area contributed by atoms with E-state index in [0.717, 1.165) is 12.3 Å². The van der Waals surface area contributed by atoms with Crippen LogP contribution < -0.4 is 10.1 Å². The Kier molecular flexibility index (Phi) is 6.49. The first-order valence-corrected chi connectivity index (χ1v) is 7.97. The zero-order valence-corrected chi connectivity index (χ0v) is 13.6. The molecule has 0 saturated carbocycles. The molecule has 21 heavy (non-hydrogen) atoms. The normalized spacial score (nSPS) is 18.6. The predicted molar refractivity (Wildman–Crippen MR) is 88.0 cm³/mol. The molecule has 0 spiro atoms. The molecule has 1 aromatic rings. The molecular weight excluding hydrogens is 262 g/mol. The van der Waals surface area contributed by atoms with Gasteiger partial charge in [0, 0.05) is 32.2 Å². The van der Waals surface area contributed by atoms with Gasteiger partial charge < -0.3 is 19.9 Å². The van der Waals surface area contributed by atoms with Crippen LogP contribution in [0.1, 0.15) is 24.9 Å². The number of rotatable bonds is 7. The Bertz CT molecular complexity index is 416. The second-order valence-corrected chi connectivity index (χ2v) is 5.95. The lowest BCUT2D eigenvalue weighted by Gasteiger charge is -2.32. The standard InChI is InChI=1S/C17H29N3O/c1-15(16-6-4-7-17(14-16)21-3)18-8-5-9-20-12-10-19(2)11-13-20/h4,6-7,14-15,18H,5,8-13H2,1-3H3. The van der Waals surface area contributed by atoms with Gasteiger partial charge in [0.2, 0.25) is 0 Å². The van der Waals surface area contributed by atoms with Gasteiger partial charge in [-0.3, -0.25) is 0 Å². The molecule has 118 valence electrons. The molecule has 1 aliphatic rings. The number of hydrogen-bond acceptors (Lipinski definition) is 4. The summed E-state index contributed by atoms with van der Waals surface area (Å²) in [5, 5.41) is 3.61. The first-order chi connectivity index (χ1) is 10.2. The van der Waals surface area contributed by atoms with Crippen molar-refractivity contribution in [2.24, 2.45) is 0 Å². The van der Waals surface area contributed by atoms with E-state index in [2.05, 4.69) is 47.3 Å². The van der Waals surface area contributed by atoms with E-state index >= 15 is 0 Å². The Balaban J connectivity index is 1.66. The largest absolute Gasteiger partial charge is 0.497 e. The first kappa shape index (κ1) is 16.3. The average molecular weight is 291 g/mol. The van der Waals surface area contributed by atoms with Gasteiger partial charge in [0.25, 0.3) is 0 Å². The maximum atomic E-state index is 5.28. The number of benzene rings is 1. The third kappa shape index (κ3) is 5.30. The number of methoxy groups -OCH3 is 1. The molecule has 0 aromatic heterocycles. The molecule has 4 heteroatoms. The Hall–Kier alpha value is -1.10. The molecule has 0 amide bonds. The van der Waals surface area contributed by atoms with Crippen LogP contribution in [0.2, 0.25) is 0 Å². The smallest absolute Gasteiger partial charge is 0.119 e. The van der Waals surface area contributed by atoms with E-state index in [4.69, 9.17) is 4.74 Å². The van der Waals surface area contributed by atoms with Gasteiger partial charge in [-0.2, -0.15) is 0 Å². The van der Waals surface area contributed by atoms with Gasteiger partial charge in [0.1, 0.15) is 5.75 Å². The molecule has 1 fully saturated rings. The van der Waals surface area contributed by atoms with Crippen LogP contribution in [0, 0.1) is 0 Å². The Morgan fingerprint density at radius 2 is 2.00 bits per heavy atom. The van der Waals surface area contributed by atoms with Crippen molar-refractivity contribution in [2.45, 2.75) is 19.4 Å². The zero-order valence-electron chi connectivity index (χ0n) is 13.6. The monoisotopic (exact) mass is 291 g/mol. The average Bonchev–Trinajstić information content (AvgIpc) is 2.53. The van der Waals surface area contributed by atoms with Crippen molar-refractivity contribution in [3.8, 4) is 5.75 Å². The van der Waals surface area contributed by atoms with Crippen molar-refractivity contribution in [1.82, 2.24) is 15.1 Å². The molecule has 1 aromatic carbocycles. The van der Waals surface area contributed by atoms with Crippen molar-refractivity contribution < 1.29 is 4.74 Å². The van der Waals surface area contributed by atoms with Crippen molar-refractivity contribution in [3.63, 3.8) is 0 Å². The lowest BCUT2D eigenvalue weighted by molar-refractivity contribution is 0.152. The van der Waals surface area contributed by atoms with E-state index in [1.165, 1.54) is 44.7 Å². The summed E-state index contributed by atoms with van der Waals surface area (Å²) in [5.41, 5.74) is 1.29. The van der Waals surface area contributed by atoms with Crippen LogP contribution in [-0.2, 0) is 0 Å². The number of ether oxygens (including phenoxy) is 1. The quantitative estimate of drug-likeness (QED) is 0.778. The van der Waals surface area contributed by atoms with Crippen LogP contribution >= 0.6 is 0 Å². The summed E-state index contributed by atoms with van der Waals surface area (Å²) in [6.07, 6.45) is 1.21.